The fourth-order valence-electron chi connectivity index (χ4n) is 1.35. The zero-order valence-electron chi connectivity index (χ0n) is 10.1. The molecule has 5 heteroatoms. The molecule has 0 N–H and O–H groups in total. The quantitative estimate of drug-likeness (QED) is 0.448. The Morgan fingerprint density at radius 1 is 1.53 bits per heavy atom. The van der Waals surface area contributed by atoms with Gasteiger partial charge in [-0.2, -0.15) is 0 Å². The summed E-state index contributed by atoms with van der Waals surface area (Å²) < 4.78 is 5.51. The molecule has 0 spiro atoms. The maximum absolute atomic E-state index is 11.3. The number of hydrogen-bond acceptors (Lipinski definition) is 4. The Morgan fingerprint density at radius 2 is 2.18 bits per heavy atom. The number of benzene rings is 1. The van der Waals surface area contributed by atoms with Crippen molar-refractivity contribution in [2.75, 3.05) is 0 Å². The van der Waals surface area contributed by atoms with Gasteiger partial charge in [-0.05, 0) is 32.4 Å². The summed E-state index contributed by atoms with van der Waals surface area (Å²) in [6, 6.07) is 4.23. The second kappa shape index (κ2) is 5.43. The predicted molar refractivity (Wildman–Crippen MR) is 63.5 cm³/mol. The Balaban J connectivity index is 3.10. The van der Waals surface area contributed by atoms with Crippen molar-refractivity contribution in [2.45, 2.75) is 33.3 Å². The van der Waals surface area contributed by atoms with Gasteiger partial charge in [0.05, 0.1) is 16.6 Å². The number of nitrogens with zero attached hydrogens (tertiary/aromatic N) is 1. The number of carbonyl (C=O) groups excluding carboxylic acids is 1. The molecule has 1 aromatic carbocycles. The van der Waals surface area contributed by atoms with Gasteiger partial charge < -0.3 is 4.74 Å². The van der Waals surface area contributed by atoms with Crippen molar-refractivity contribution in [3.63, 3.8) is 0 Å². The minimum absolute atomic E-state index is 0.0104. The number of rotatable bonds is 5. The monoisotopic (exact) mass is 237 g/mol. The van der Waals surface area contributed by atoms with Crippen LogP contribution < -0.4 is 4.74 Å². The molecule has 1 rings (SSSR count). The topological polar surface area (TPSA) is 69.4 Å². The van der Waals surface area contributed by atoms with E-state index in [1.807, 2.05) is 13.8 Å². The fraction of sp³-hybridized carbons (Fsp3) is 0.417. The minimum atomic E-state index is -0.566. The van der Waals surface area contributed by atoms with Gasteiger partial charge in [0.15, 0.2) is 5.78 Å². The summed E-state index contributed by atoms with van der Waals surface area (Å²) in [5, 5.41) is 10.7. The van der Waals surface area contributed by atoms with E-state index in [-0.39, 0.29) is 23.1 Å². The van der Waals surface area contributed by atoms with Gasteiger partial charge in [0.25, 0.3) is 5.69 Å². The van der Waals surface area contributed by atoms with Gasteiger partial charge >= 0.3 is 0 Å². The Bertz CT molecular complexity index is 442. The van der Waals surface area contributed by atoms with Crippen LogP contribution in [0, 0.1) is 10.1 Å². The molecule has 0 radical (unpaired) electrons. The molecule has 92 valence electrons. The summed E-state index contributed by atoms with van der Waals surface area (Å²) in [7, 11) is 0. The Hall–Kier alpha value is -1.91. The number of hydrogen-bond donors (Lipinski definition) is 0. The molecule has 0 fully saturated rings. The van der Waals surface area contributed by atoms with Crippen molar-refractivity contribution >= 4 is 11.5 Å². The van der Waals surface area contributed by atoms with Crippen LogP contribution in [0.15, 0.2) is 18.2 Å². The van der Waals surface area contributed by atoms with Crippen LogP contribution in [0.5, 0.6) is 5.75 Å². The smallest absolute Gasteiger partial charge is 0.280 e. The van der Waals surface area contributed by atoms with E-state index in [1.54, 1.807) is 0 Å². The summed E-state index contributed by atoms with van der Waals surface area (Å²) in [5.41, 5.74) is -0.107. The van der Waals surface area contributed by atoms with Crippen LogP contribution in [0.3, 0.4) is 0 Å². The third-order valence-electron chi connectivity index (χ3n) is 2.46. The average molecular weight is 237 g/mol. The van der Waals surface area contributed by atoms with Crippen molar-refractivity contribution in [3.8, 4) is 5.75 Å². The van der Waals surface area contributed by atoms with Crippen LogP contribution >= 0.6 is 0 Å². The van der Waals surface area contributed by atoms with Crippen LogP contribution in [0.4, 0.5) is 5.69 Å². The predicted octanol–water partition coefficient (Wildman–Crippen LogP) is 2.97. The van der Waals surface area contributed by atoms with E-state index in [9.17, 15) is 14.9 Å². The van der Waals surface area contributed by atoms with E-state index < -0.39 is 4.92 Å². The van der Waals surface area contributed by atoms with Crippen molar-refractivity contribution in [2.24, 2.45) is 0 Å². The first-order valence-electron chi connectivity index (χ1n) is 5.41. The molecule has 0 saturated heterocycles. The number of ketones is 1. The maximum atomic E-state index is 11.3. The molecule has 0 amide bonds. The lowest BCUT2D eigenvalue weighted by atomic mass is 10.1. The van der Waals surface area contributed by atoms with E-state index >= 15 is 0 Å². The van der Waals surface area contributed by atoms with Crippen LogP contribution in [-0.2, 0) is 0 Å². The van der Waals surface area contributed by atoms with Gasteiger partial charge in [-0.1, -0.05) is 6.92 Å². The molecule has 1 unspecified atom stereocenters. The average Bonchev–Trinajstić information content (AvgIpc) is 2.28. The lowest BCUT2D eigenvalue weighted by Gasteiger charge is -2.12. The van der Waals surface area contributed by atoms with Gasteiger partial charge in [-0.25, -0.2) is 0 Å². The molecule has 0 aliphatic rings. The number of ether oxygens (including phenoxy) is 1. The van der Waals surface area contributed by atoms with Crippen LogP contribution in [-0.4, -0.2) is 16.8 Å². The minimum Gasteiger partial charge on any atom is -0.491 e. The molecule has 0 aromatic heterocycles. The highest BCUT2D eigenvalue weighted by Crippen LogP contribution is 2.25. The first-order valence-corrected chi connectivity index (χ1v) is 5.41. The maximum Gasteiger partial charge on any atom is 0.280 e. The normalized spacial score (nSPS) is 11.9. The third kappa shape index (κ3) is 3.27. The van der Waals surface area contributed by atoms with Crippen molar-refractivity contribution < 1.29 is 14.5 Å². The summed E-state index contributed by atoms with van der Waals surface area (Å²) in [6.45, 7) is 5.17. The van der Waals surface area contributed by atoms with E-state index in [1.165, 1.54) is 25.1 Å². The second-order valence-electron chi connectivity index (χ2n) is 3.83. The molecule has 0 aliphatic carbocycles. The molecular weight excluding hydrogens is 222 g/mol. The highest BCUT2D eigenvalue weighted by molar-refractivity contribution is 5.98. The van der Waals surface area contributed by atoms with Gasteiger partial charge in [0.1, 0.15) is 5.75 Å². The molecular formula is C12H15NO4. The third-order valence-corrected chi connectivity index (χ3v) is 2.46. The first-order chi connectivity index (χ1) is 7.95. The number of Topliss-reactive ketones (excluding diaryl/α,β-unsaturated/α-hetero) is 1. The molecule has 1 atom stereocenters. The molecule has 0 aliphatic heterocycles. The largest absolute Gasteiger partial charge is 0.491 e. The van der Waals surface area contributed by atoms with Gasteiger partial charge in [0, 0.05) is 6.07 Å². The second-order valence-corrected chi connectivity index (χ2v) is 3.83. The van der Waals surface area contributed by atoms with Crippen molar-refractivity contribution in [3.05, 3.63) is 33.9 Å². The van der Waals surface area contributed by atoms with Crippen LogP contribution in [0.25, 0.3) is 0 Å². The van der Waals surface area contributed by atoms with Gasteiger partial charge in [-0.15, -0.1) is 0 Å². The number of nitro benzene ring substituents is 1. The molecule has 17 heavy (non-hydrogen) atoms. The standard InChI is InChI=1S/C12H15NO4/c1-4-8(2)17-10-5-6-12(13(15)16)11(7-10)9(3)14/h5-8H,4H2,1-3H3. The molecule has 0 bridgehead atoms. The summed E-state index contributed by atoms with van der Waals surface area (Å²) in [4.78, 5) is 21.5. The highest BCUT2D eigenvalue weighted by Gasteiger charge is 2.18. The summed E-state index contributed by atoms with van der Waals surface area (Å²) in [5.74, 6) is 0.140. The Labute approximate surface area is 99.5 Å². The van der Waals surface area contributed by atoms with Crippen molar-refractivity contribution in [1.29, 1.82) is 0 Å². The molecule has 5 nitrogen and oxygen atoms in total. The van der Waals surface area contributed by atoms with E-state index in [2.05, 4.69) is 0 Å². The zero-order valence-corrected chi connectivity index (χ0v) is 10.1. The molecule has 0 saturated carbocycles. The van der Waals surface area contributed by atoms with Gasteiger partial charge in [-0.3, -0.25) is 14.9 Å². The first kappa shape index (κ1) is 13.2. The lowest BCUT2D eigenvalue weighted by molar-refractivity contribution is -0.385. The van der Waals surface area contributed by atoms with Crippen LogP contribution in [0.1, 0.15) is 37.6 Å². The highest BCUT2D eigenvalue weighted by atomic mass is 16.6. The molecule has 1 aromatic rings. The number of nitro groups is 1. The zero-order chi connectivity index (χ0) is 13.0. The Kier molecular flexibility index (Phi) is 4.20. The van der Waals surface area contributed by atoms with E-state index in [4.69, 9.17) is 4.74 Å². The van der Waals surface area contributed by atoms with E-state index in [0.717, 1.165) is 6.42 Å². The number of carbonyl (C=O) groups is 1. The fourth-order valence-corrected chi connectivity index (χ4v) is 1.35. The molecule has 0 heterocycles. The van der Waals surface area contributed by atoms with E-state index in [0.29, 0.717) is 5.75 Å². The summed E-state index contributed by atoms with van der Waals surface area (Å²) in [6.07, 6.45) is 0.836. The van der Waals surface area contributed by atoms with Crippen LogP contribution in [0.2, 0.25) is 0 Å². The summed E-state index contributed by atoms with van der Waals surface area (Å²) >= 11 is 0. The Morgan fingerprint density at radius 3 is 2.65 bits per heavy atom. The lowest BCUT2D eigenvalue weighted by Crippen LogP contribution is -2.10. The SMILES string of the molecule is CCC(C)Oc1ccc([N+](=O)[O-])c(C(C)=O)c1. The van der Waals surface area contributed by atoms with Crippen molar-refractivity contribution in [1.82, 2.24) is 0 Å². The van der Waals surface area contributed by atoms with Gasteiger partial charge in [0.2, 0.25) is 0 Å².